The Morgan fingerprint density at radius 3 is 2.80 bits per heavy atom. The Hall–Kier alpha value is -0.900. The first-order chi connectivity index (χ1) is 9.74. The Bertz CT molecular complexity index is 382. The molecule has 2 rings (SSSR count). The summed E-state index contributed by atoms with van der Waals surface area (Å²) in [6.07, 6.45) is 6.31. The van der Waals surface area contributed by atoms with Crippen LogP contribution in [0.4, 0.5) is 0 Å². The molecule has 0 aliphatic heterocycles. The molecule has 1 aromatic carbocycles. The number of aryl methyl sites for hydroxylation is 1. The molecule has 0 saturated heterocycles. The van der Waals surface area contributed by atoms with Crippen LogP contribution in [0.1, 0.15) is 37.7 Å². The fourth-order valence-corrected chi connectivity index (χ4v) is 3.16. The summed E-state index contributed by atoms with van der Waals surface area (Å²) in [5, 5.41) is 9.40. The van der Waals surface area contributed by atoms with E-state index >= 15 is 0 Å². The monoisotopic (exact) mass is 277 g/mol. The van der Waals surface area contributed by atoms with Crippen LogP contribution in [0, 0.1) is 5.92 Å². The van der Waals surface area contributed by atoms with Crippen LogP contribution in [0.3, 0.4) is 0 Å². The zero-order chi connectivity index (χ0) is 14.3. The number of benzene rings is 1. The summed E-state index contributed by atoms with van der Waals surface area (Å²) < 4.78 is 5.72. The lowest BCUT2D eigenvalue weighted by atomic mass is 9.87. The normalized spacial score (nSPS) is 26.0. The van der Waals surface area contributed by atoms with Gasteiger partial charge in [-0.15, -0.1) is 0 Å². The summed E-state index contributed by atoms with van der Waals surface area (Å²) in [6.45, 7) is 1.67. The highest BCUT2D eigenvalue weighted by molar-refractivity contribution is 5.14. The lowest BCUT2D eigenvalue weighted by Gasteiger charge is -2.29. The maximum atomic E-state index is 9.40. The van der Waals surface area contributed by atoms with Crippen LogP contribution < -0.4 is 5.73 Å². The van der Waals surface area contributed by atoms with Gasteiger partial charge in [-0.1, -0.05) is 36.8 Å². The topological polar surface area (TPSA) is 55.5 Å². The second-order valence-corrected chi connectivity index (χ2v) is 5.97. The van der Waals surface area contributed by atoms with Crippen molar-refractivity contribution in [3.63, 3.8) is 0 Å². The van der Waals surface area contributed by atoms with Gasteiger partial charge in [0.15, 0.2) is 0 Å². The van der Waals surface area contributed by atoms with Gasteiger partial charge in [0.25, 0.3) is 0 Å². The Balaban J connectivity index is 1.56. The highest BCUT2D eigenvalue weighted by atomic mass is 16.5. The maximum Gasteiger partial charge on any atom is 0.0613 e. The molecule has 2 unspecified atom stereocenters. The lowest BCUT2D eigenvalue weighted by Crippen LogP contribution is -2.47. The third kappa shape index (κ3) is 4.30. The first-order valence-corrected chi connectivity index (χ1v) is 7.76. The fraction of sp³-hybridized carbons (Fsp3) is 0.647. The molecule has 0 radical (unpaired) electrons. The van der Waals surface area contributed by atoms with Gasteiger partial charge in [0.2, 0.25) is 0 Å². The van der Waals surface area contributed by atoms with Crippen LogP contribution in [0.25, 0.3) is 0 Å². The zero-order valence-electron chi connectivity index (χ0n) is 12.3. The predicted molar refractivity (Wildman–Crippen MR) is 81.5 cm³/mol. The highest BCUT2D eigenvalue weighted by Crippen LogP contribution is 2.35. The van der Waals surface area contributed by atoms with Gasteiger partial charge in [0.05, 0.1) is 6.61 Å². The third-order valence-electron chi connectivity index (χ3n) is 4.51. The van der Waals surface area contributed by atoms with Gasteiger partial charge in [-0.25, -0.2) is 0 Å². The van der Waals surface area contributed by atoms with E-state index in [-0.39, 0.29) is 12.1 Å². The average Bonchev–Trinajstić information content (AvgIpc) is 2.86. The van der Waals surface area contributed by atoms with E-state index in [9.17, 15) is 5.11 Å². The molecule has 3 nitrogen and oxygen atoms in total. The van der Waals surface area contributed by atoms with Crippen LogP contribution in [0.2, 0.25) is 0 Å². The van der Waals surface area contributed by atoms with Gasteiger partial charge in [-0.2, -0.15) is 0 Å². The van der Waals surface area contributed by atoms with Gasteiger partial charge < -0.3 is 15.6 Å². The van der Waals surface area contributed by atoms with E-state index in [0.29, 0.717) is 5.92 Å². The first-order valence-electron chi connectivity index (χ1n) is 7.76. The van der Waals surface area contributed by atoms with E-state index in [2.05, 4.69) is 24.3 Å². The van der Waals surface area contributed by atoms with Crippen LogP contribution in [-0.2, 0) is 11.2 Å². The predicted octanol–water partition coefficient (Wildman–Crippen LogP) is 2.52. The Kier molecular flexibility index (Phi) is 6.02. The van der Waals surface area contributed by atoms with Crippen LogP contribution >= 0.6 is 0 Å². The van der Waals surface area contributed by atoms with Crippen molar-refractivity contribution in [1.29, 1.82) is 0 Å². The summed E-state index contributed by atoms with van der Waals surface area (Å²) in [5.74, 6) is 0.418. The van der Waals surface area contributed by atoms with Crippen molar-refractivity contribution < 1.29 is 9.84 Å². The van der Waals surface area contributed by atoms with E-state index < -0.39 is 0 Å². The van der Waals surface area contributed by atoms with Crippen molar-refractivity contribution in [2.45, 2.75) is 44.1 Å². The van der Waals surface area contributed by atoms with Crippen molar-refractivity contribution in [3.8, 4) is 0 Å². The molecule has 3 heteroatoms. The summed E-state index contributed by atoms with van der Waals surface area (Å²) in [4.78, 5) is 0. The van der Waals surface area contributed by atoms with Crippen LogP contribution in [0.15, 0.2) is 30.3 Å². The Morgan fingerprint density at radius 1 is 1.25 bits per heavy atom. The van der Waals surface area contributed by atoms with Crippen molar-refractivity contribution in [2.75, 3.05) is 19.8 Å². The minimum atomic E-state index is -0.354. The molecule has 0 spiro atoms. The summed E-state index contributed by atoms with van der Waals surface area (Å²) >= 11 is 0. The molecule has 0 amide bonds. The smallest absolute Gasteiger partial charge is 0.0613 e. The molecule has 0 aromatic heterocycles. The Labute approximate surface area is 122 Å². The van der Waals surface area contributed by atoms with E-state index in [0.717, 1.165) is 51.7 Å². The molecule has 1 saturated carbocycles. The molecule has 112 valence electrons. The Morgan fingerprint density at radius 2 is 2.05 bits per heavy atom. The second kappa shape index (κ2) is 7.77. The fourth-order valence-electron chi connectivity index (χ4n) is 3.16. The van der Waals surface area contributed by atoms with Gasteiger partial charge in [-0.05, 0) is 43.6 Å². The summed E-state index contributed by atoms with van der Waals surface area (Å²) in [5.41, 5.74) is 7.23. The maximum absolute atomic E-state index is 9.40. The van der Waals surface area contributed by atoms with Gasteiger partial charge in [0.1, 0.15) is 0 Å². The molecule has 1 aromatic rings. The standard InChI is InChI=1S/C17H27NO2/c18-17(14-19)11-4-9-16(17)10-13-20-12-5-8-15-6-2-1-3-7-15/h1-3,6-7,16,19H,4-5,8-14,18H2. The second-order valence-electron chi connectivity index (χ2n) is 5.97. The van der Waals surface area contributed by atoms with E-state index in [4.69, 9.17) is 10.5 Å². The number of rotatable bonds is 8. The molecular formula is C17H27NO2. The van der Waals surface area contributed by atoms with E-state index in [1.165, 1.54) is 5.56 Å². The van der Waals surface area contributed by atoms with E-state index in [1.807, 2.05) is 6.07 Å². The minimum Gasteiger partial charge on any atom is -0.394 e. The molecule has 0 heterocycles. The lowest BCUT2D eigenvalue weighted by molar-refractivity contribution is 0.0932. The van der Waals surface area contributed by atoms with Gasteiger partial charge in [0, 0.05) is 18.8 Å². The molecule has 2 atom stereocenters. The van der Waals surface area contributed by atoms with Gasteiger partial charge in [-0.3, -0.25) is 0 Å². The quantitative estimate of drug-likeness (QED) is 0.718. The molecule has 1 aliphatic carbocycles. The molecule has 20 heavy (non-hydrogen) atoms. The SMILES string of the molecule is NC1(CO)CCCC1CCOCCCc1ccccc1. The first kappa shape index (κ1) is 15.5. The van der Waals surface area contributed by atoms with Gasteiger partial charge >= 0.3 is 0 Å². The number of ether oxygens (including phenoxy) is 1. The number of aliphatic hydroxyl groups excluding tert-OH is 1. The molecule has 1 fully saturated rings. The van der Waals surface area contributed by atoms with Crippen LogP contribution in [0.5, 0.6) is 0 Å². The highest BCUT2D eigenvalue weighted by Gasteiger charge is 2.38. The largest absolute Gasteiger partial charge is 0.394 e. The van der Waals surface area contributed by atoms with Crippen molar-refractivity contribution in [2.24, 2.45) is 11.7 Å². The number of hydrogen-bond donors (Lipinski definition) is 2. The number of nitrogens with two attached hydrogens (primary N) is 1. The summed E-state index contributed by atoms with van der Waals surface area (Å²) in [7, 11) is 0. The minimum absolute atomic E-state index is 0.103. The molecule has 1 aliphatic rings. The third-order valence-corrected chi connectivity index (χ3v) is 4.51. The van der Waals surface area contributed by atoms with E-state index in [1.54, 1.807) is 0 Å². The number of hydrogen-bond acceptors (Lipinski definition) is 3. The van der Waals surface area contributed by atoms with Crippen molar-refractivity contribution in [3.05, 3.63) is 35.9 Å². The molecule has 3 N–H and O–H groups in total. The van der Waals surface area contributed by atoms with Crippen molar-refractivity contribution in [1.82, 2.24) is 0 Å². The number of aliphatic hydroxyl groups is 1. The average molecular weight is 277 g/mol. The molecular weight excluding hydrogens is 250 g/mol. The summed E-state index contributed by atoms with van der Waals surface area (Å²) in [6, 6.07) is 10.5. The van der Waals surface area contributed by atoms with Crippen LogP contribution in [-0.4, -0.2) is 30.5 Å². The molecule has 0 bridgehead atoms. The zero-order valence-corrected chi connectivity index (χ0v) is 12.3. The van der Waals surface area contributed by atoms with Crippen molar-refractivity contribution >= 4 is 0 Å².